The van der Waals surface area contributed by atoms with Crippen molar-refractivity contribution in [2.75, 3.05) is 0 Å². The van der Waals surface area contributed by atoms with Crippen molar-refractivity contribution in [3.05, 3.63) is 70.7 Å². The summed E-state index contributed by atoms with van der Waals surface area (Å²) < 4.78 is 1.84. The molecule has 1 amide bonds. The Hall–Kier alpha value is -2.62. The van der Waals surface area contributed by atoms with Gasteiger partial charge in [0.25, 0.3) is 5.91 Å². The van der Waals surface area contributed by atoms with Gasteiger partial charge in [0.05, 0.1) is 5.69 Å². The van der Waals surface area contributed by atoms with Crippen LogP contribution in [-0.4, -0.2) is 15.3 Å². The van der Waals surface area contributed by atoms with Crippen molar-refractivity contribution in [2.45, 2.75) is 27.3 Å². The number of aryl methyl sites for hydroxylation is 3. The van der Waals surface area contributed by atoms with Gasteiger partial charge in [0.1, 0.15) is 11.3 Å². The van der Waals surface area contributed by atoms with Crippen LogP contribution >= 0.6 is 0 Å². The van der Waals surface area contributed by atoms with E-state index in [-0.39, 0.29) is 5.91 Å². The SMILES string of the molecule is Cc1ccn2c(C(=O)NCc3ccccc3C)c(C)nc2c1. The van der Waals surface area contributed by atoms with Gasteiger partial charge in [0.2, 0.25) is 0 Å². The van der Waals surface area contributed by atoms with Crippen LogP contribution in [0.15, 0.2) is 42.6 Å². The van der Waals surface area contributed by atoms with Gasteiger partial charge in [-0.2, -0.15) is 0 Å². The van der Waals surface area contributed by atoms with Gasteiger partial charge in [-0.25, -0.2) is 4.98 Å². The highest BCUT2D eigenvalue weighted by atomic mass is 16.1. The molecule has 2 aromatic heterocycles. The largest absolute Gasteiger partial charge is 0.347 e. The van der Waals surface area contributed by atoms with Gasteiger partial charge in [-0.3, -0.25) is 9.20 Å². The van der Waals surface area contributed by atoms with E-state index in [0.717, 1.165) is 22.5 Å². The standard InChI is InChI=1S/C18H19N3O/c1-12-8-9-21-16(10-12)20-14(3)17(21)18(22)19-11-15-7-5-4-6-13(15)2/h4-10H,11H2,1-3H3,(H,19,22). The van der Waals surface area contributed by atoms with Crippen LogP contribution in [0, 0.1) is 20.8 Å². The summed E-state index contributed by atoms with van der Waals surface area (Å²) >= 11 is 0. The first-order valence-corrected chi connectivity index (χ1v) is 7.34. The van der Waals surface area contributed by atoms with Gasteiger partial charge in [-0.1, -0.05) is 24.3 Å². The zero-order valence-electron chi connectivity index (χ0n) is 13.1. The molecule has 0 radical (unpaired) electrons. The van der Waals surface area contributed by atoms with Crippen LogP contribution in [0.4, 0.5) is 0 Å². The van der Waals surface area contributed by atoms with Crippen molar-refractivity contribution in [1.82, 2.24) is 14.7 Å². The molecule has 22 heavy (non-hydrogen) atoms. The lowest BCUT2D eigenvalue weighted by atomic mass is 10.1. The average Bonchev–Trinajstić information content (AvgIpc) is 2.81. The monoisotopic (exact) mass is 293 g/mol. The molecule has 0 unspecified atom stereocenters. The topological polar surface area (TPSA) is 46.4 Å². The minimum Gasteiger partial charge on any atom is -0.347 e. The number of pyridine rings is 1. The average molecular weight is 293 g/mol. The molecule has 1 aromatic carbocycles. The van der Waals surface area contributed by atoms with Crippen molar-refractivity contribution in [2.24, 2.45) is 0 Å². The van der Waals surface area contributed by atoms with Crippen LogP contribution in [0.3, 0.4) is 0 Å². The third-order valence-electron chi connectivity index (χ3n) is 3.87. The van der Waals surface area contributed by atoms with Crippen molar-refractivity contribution in [3.8, 4) is 0 Å². The summed E-state index contributed by atoms with van der Waals surface area (Å²) in [5.41, 5.74) is 5.57. The first-order valence-electron chi connectivity index (χ1n) is 7.34. The Morgan fingerprint density at radius 3 is 2.73 bits per heavy atom. The van der Waals surface area contributed by atoms with Crippen molar-refractivity contribution < 1.29 is 4.79 Å². The maximum atomic E-state index is 12.5. The number of nitrogens with zero attached hydrogens (tertiary/aromatic N) is 2. The number of carbonyl (C=O) groups excluding carboxylic acids is 1. The first kappa shape index (κ1) is 14.3. The molecule has 4 heteroatoms. The Morgan fingerprint density at radius 2 is 1.95 bits per heavy atom. The molecule has 0 bridgehead atoms. The summed E-state index contributed by atoms with van der Waals surface area (Å²) in [5.74, 6) is -0.0999. The number of rotatable bonds is 3. The van der Waals surface area contributed by atoms with Crippen molar-refractivity contribution in [3.63, 3.8) is 0 Å². The summed E-state index contributed by atoms with van der Waals surface area (Å²) in [6, 6.07) is 12.0. The van der Waals surface area contributed by atoms with E-state index >= 15 is 0 Å². The highest BCUT2D eigenvalue weighted by Gasteiger charge is 2.16. The van der Waals surface area contributed by atoms with Crippen LogP contribution in [0.1, 0.15) is 32.9 Å². The highest BCUT2D eigenvalue weighted by Crippen LogP contribution is 2.14. The maximum absolute atomic E-state index is 12.5. The Labute approximate surface area is 129 Å². The van der Waals surface area contributed by atoms with Gasteiger partial charge in [-0.05, 0) is 49.6 Å². The van der Waals surface area contributed by atoms with Gasteiger partial charge in [-0.15, -0.1) is 0 Å². The van der Waals surface area contributed by atoms with E-state index in [1.54, 1.807) is 0 Å². The molecule has 0 spiro atoms. The zero-order valence-corrected chi connectivity index (χ0v) is 13.1. The Bertz CT molecular complexity index is 849. The summed E-state index contributed by atoms with van der Waals surface area (Å²) in [6.45, 7) is 6.45. The number of nitrogens with one attached hydrogen (secondary N) is 1. The molecular weight excluding hydrogens is 274 g/mol. The fourth-order valence-corrected chi connectivity index (χ4v) is 2.61. The third-order valence-corrected chi connectivity index (χ3v) is 3.87. The van der Waals surface area contributed by atoms with Crippen LogP contribution in [-0.2, 0) is 6.54 Å². The summed E-state index contributed by atoms with van der Waals surface area (Å²) in [6.07, 6.45) is 1.90. The number of fused-ring (bicyclic) bond motifs is 1. The number of aromatic nitrogens is 2. The second kappa shape index (κ2) is 5.64. The lowest BCUT2D eigenvalue weighted by molar-refractivity contribution is 0.0944. The zero-order chi connectivity index (χ0) is 15.7. The van der Waals surface area contributed by atoms with Crippen LogP contribution < -0.4 is 5.32 Å². The molecule has 112 valence electrons. The third kappa shape index (κ3) is 2.60. The van der Waals surface area contributed by atoms with E-state index in [4.69, 9.17) is 0 Å². The fourth-order valence-electron chi connectivity index (χ4n) is 2.61. The van der Waals surface area contributed by atoms with E-state index in [2.05, 4.69) is 10.3 Å². The molecule has 0 aliphatic heterocycles. The van der Waals surface area contributed by atoms with Gasteiger partial charge < -0.3 is 5.32 Å². The quantitative estimate of drug-likeness (QED) is 0.806. The Morgan fingerprint density at radius 1 is 1.18 bits per heavy atom. The van der Waals surface area contributed by atoms with E-state index in [9.17, 15) is 4.79 Å². The number of benzene rings is 1. The van der Waals surface area contributed by atoms with Crippen molar-refractivity contribution >= 4 is 11.6 Å². The summed E-state index contributed by atoms with van der Waals surface area (Å²) in [5, 5.41) is 2.99. The molecule has 0 aliphatic carbocycles. The number of hydrogen-bond acceptors (Lipinski definition) is 2. The second-order valence-corrected chi connectivity index (χ2v) is 5.59. The molecule has 0 saturated carbocycles. The molecule has 0 saturated heterocycles. The number of carbonyl (C=O) groups is 1. The fraction of sp³-hybridized carbons (Fsp3) is 0.222. The first-order chi connectivity index (χ1) is 10.6. The van der Waals surface area contributed by atoms with Crippen molar-refractivity contribution in [1.29, 1.82) is 0 Å². The van der Waals surface area contributed by atoms with E-state index in [0.29, 0.717) is 12.2 Å². The second-order valence-electron chi connectivity index (χ2n) is 5.59. The lowest BCUT2D eigenvalue weighted by Gasteiger charge is -2.08. The summed E-state index contributed by atoms with van der Waals surface area (Å²) in [7, 11) is 0. The molecule has 4 nitrogen and oxygen atoms in total. The molecular formula is C18H19N3O. The van der Waals surface area contributed by atoms with E-state index in [1.165, 1.54) is 5.56 Å². The molecule has 0 aliphatic rings. The Balaban J connectivity index is 1.86. The molecule has 0 fully saturated rings. The van der Waals surface area contributed by atoms with E-state index < -0.39 is 0 Å². The van der Waals surface area contributed by atoms with E-state index in [1.807, 2.05) is 67.8 Å². The lowest BCUT2D eigenvalue weighted by Crippen LogP contribution is -2.25. The highest BCUT2D eigenvalue weighted by molar-refractivity contribution is 5.94. The smallest absolute Gasteiger partial charge is 0.270 e. The number of imidazole rings is 1. The predicted octanol–water partition coefficient (Wildman–Crippen LogP) is 3.19. The molecule has 2 heterocycles. The van der Waals surface area contributed by atoms with Crippen LogP contribution in [0.25, 0.3) is 5.65 Å². The minimum absolute atomic E-state index is 0.0999. The Kier molecular flexibility index (Phi) is 3.67. The van der Waals surface area contributed by atoms with Gasteiger partial charge in [0, 0.05) is 12.7 Å². The van der Waals surface area contributed by atoms with Gasteiger partial charge in [0.15, 0.2) is 0 Å². The van der Waals surface area contributed by atoms with Crippen LogP contribution in [0.2, 0.25) is 0 Å². The normalized spacial score (nSPS) is 10.9. The number of hydrogen-bond donors (Lipinski definition) is 1. The maximum Gasteiger partial charge on any atom is 0.270 e. The molecule has 3 aromatic rings. The van der Waals surface area contributed by atoms with Crippen LogP contribution in [0.5, 0.6) is 0 Å². The molecule has 0 atom stereocenters. The molecule has 1 N–H and O–H groups in total. The molecule has 3 rings (SSSR count). The predicted molar refractivity (Wildman–Crippen MR) is 87.0 cm³/mol. The minimum atomic E-state index is -0.0999. The number of amides is 1. The van der Waals surface area contributed by atoms with Gasteiger partial charge >= 0.3 is 0 Å². The summed E-state index contributed by atoms with van der Waals surface area (Å²) in [4.78, 5) is 17.0.